The van der Waals surface area contributed by atoms with Gasteiger partial charge in [0.2, 0.25) is 0 Å². The molecule has 0 spiro atoms. The van der Waals surface area contributed by atoms with E-state index < -0.39 is 10.2 Å². The van der Waals surface area contributed by atoms with Gasteiger partial charge in [-0.15, -0.1) is 0 Å². The zero-order valence-corrected chi connectivity index (χ0v) is 10.5. The molecular formula is C9H21N3O3S. The number of ether oxygens (including phenoxy) is 1. The van der Waals surface area contributed by atoms with Crippen LogP contribution in [-0.4, -0.2) is 47.8 Å². The van der Waals surface area contributed by atoms with Crippen LogP contribution in [0.15, 0.2) is 0 Å². The number of methoxy groups -OCH3 is 1. The Morgan fingerprint density at radius 2 is 2.19 bits per heavy atom. The Kier molecular flexibility index (Phi) is 6.22. The van der Waals surface area contributed by atoms with E-state index in [4.69, 9.17) is 4.74 Å². The van der Waals surface area contributed by atoms with Gasteiger partial charge in [-0.3, -0.25) is 0 Å². The summed E-state index contributed by atoms with van der Waals surface area (Å²) in [5.74, 6) is 0. The van der Waals surface area contributed by atoms with Crippen molar-refractivity contribution in [2.45, 2.75) is 25.3 Å². The van der Waals surface area contributed by atoms with Crippen LogP contribution in [0.1, 0.15) is 19.3 Å². The average molecular weight is 251 g/mol. The molecule has 96 valence electrons. The minimum atomic E-state index is -3.37. The highest BCUT2D eigenvalue weighted by atomic mass is 32.2. The Morgan fingerprint density at radius 3 is 2.81 bits per heavy atom. The van der Waals surface area contributed by atoms with Crippen LogP contribution in [0, 0.1) is 0 Å². The fourth-order valence-electron chi connectivity index (χ4n) is 1.64. The summed E-state index contributed by atoms with van der Waals surface area (Å²) in [6.07, 6.45) is 3.37. The highest BCUT2D eigenvalue weighted by Gasteiger charge is 2.15. The first kappa shape index (κ1) is 13.9. The minimum Gasteiger partial charge on any atom is -0.383 e. The first-order chi connectivity index (χ1) is 7.64. The molecule has 1 heterocycles. The molecule has 1 saturated heterocycles. The molecule has 0 saturated carbocycles. The SMILES string of the molecule is COCCNS(=O)(=O)NCC1CCCCN1. The summed E-state index contributed by atoms with van der Waals surface area (Å²) in [7, 11) is -1.84. The van der Waals surface area contributed by atoms with E-state index in [1.165, 1.54) is 13.5 Å². The Morgan fingerprint density at radius 1 is 1.38 bits per heavy atom. The molecule has 1 rings (SSSR count). The molecule has 0 bridgehead atoms. The lowest BCUT2D eigenvalue weighted by molar-refractivity contribution is 0.204. The molecule has 0 aliphatic carbocycles. The van der Waals surface area contributed by atoms with E-state index >= 15 is 0 Å². The molecule has 1 aliphatic heterocycles. The van der Waals surface area contributed by atoms with Gasteiger partial charge in [0.05, 0.1) is 6.61 Å². The van der Waals surface area contributed by atoms with Crippen LogP contribution >= 0.6 is 0 Å². The maximum atomic E-state index is 11.4. The number of rotatable bonds is 7. The van der Waals surface area contributed by atoms with Crippen molar-refractivity contribution in [3.8, 4) is 0 Å². The Balaban J connectivity index is 2.18. The Labute approximate surface area is 97.3 Å². The zero-order chi connectivity index (χ0) is 11.9. The van der Waals surface area contributed by atoms with Gasteiger partial charge in [0.25, 0.3) is 10.2 Å². The third-order valence-corrected chi connectivity index (χ3v) is 3.66. The Bertz CT molecular complexity index is 276. The summed E-state index contributed by atoms with van der Waals surface area (Å²) >= 11 is 0. The van der Waals surface area contributed by atoms with Gasteiger partial charge in [0, 0.05) is 26.2 Å². The van der Waals surface area contributed by atoms with Crippen LogP contribution in [0.25, 0.3) is 0 Å². The van der Waals surface area contributed by atoms with E-state index in [1.807, 2.05) is 0 Å². The zero-order valence-electron chi connectivity index (χ0n) is 9.66. The number of hydrogen-bond acceptors (Lipinski definition) is 4. The molecule has 0 amide bonds. The molecular weight excluding hydrogens is 230 g/mol. The van der Waals surface area contributed by atoms with Crippen LogP contribution in [-0.2, 0) is 14.9 Å². The number of piperidine rings is 1. The summed E-state index contributed by atoms with van der Waals surface area (Å²) in [4.78, 5) is 0. The van der Waals surface area contributed by atoms with Gasteiger partial charge in [-0.25, -0.2) is 4.72 Å². The second-order valence-electron chi connectivity index (χ2n) is 3.89. The summed E-state index contributed by atoms with van der Waals surface area (Å²) in [5, 5.41) is 3.28. The van der Waals surface area contributed by atoms with Crippen molar-refractivity contribution in [1.29, 1.82) is 0 Å². The van der Waals surface area contributed by atoms with Crippen molar-refractivity contribution in [2.75, 3.05) is 33.4 Å². The van der Waals surface area contributed by atoms with E-state index in [0.717, 1.165) is 19.4 Å². The minimum absolute atomic E-state index is 0.257. The lowest BCUT2D eigenvalue weighted by Crippen LogP contribution is -2.47. The predicted molar refractivity (Wildman–Crippen MR) is 62.4 cm³/mol. The van der Waals surface area contributed by atoms with Gasteiger partial charge >= 0.3 is 0 Å². The summed E-state index contributed by atoms with van der Waals surface area (Å²) in [6.45, 7) is 2.10. The highest BCUT2D eigenvalue weighted by Crippen LogP contribution is 2.05. The monoisotopic (exact) mass is 251 g/mol. The second kappa shape index (κ2) is 7.18. The smallest absolute Gasteiger partial charge is 0.277 e. The number of nitrogens with one attached hydrogen (secondary N) is 3. The fourth-order valence-corrected chi connectivity index (χ4v) is 2.51. The molecule has 0 aromatic rings. The molecule has 1 atom stereocenters. The van der Waals surface area contributed by atoms with E-state index in [-0.39, 0.29) is 6.04 Å². The quantitative estimate of drug-likeness (QED) is 0.518. The largest absolute Gasteiger partial charge is 0.383 e. The molecule has 1 fully saturated rings. The molecule has 6 nitrogen and oxygen atoms in total. The molecule has 0 aromatic carbocycles. The first-order valence-corrected chi connectivity index (χ1v) is 7.09. The third kappa shape index (κ3) is 5.76. The second-order valence-corrected chi connectivity index (χ2v) is 5.47. The highest BCUT2D eigenvalue weighted by molar-refractivity contribution is 7.87. The van der Waals surface area contributed by atoms with Gasteiger partial charge in [-0.05, 0) is 19.4 Å². The van der Waals surface area contributed by atoms with E-state index in [9.17, 15) is 8.42 Å². The van der Waals surface area contributed by atoms with Crippen LogP contribution in [0.2, 0.25) is 0 Å². The molecule has 3 N–H and O–H groups in total. The lowest BCUT2D eigenvalue weighted by Gasteiger charge is -2.23. The maximum Gasteiger partial charge on any atom is 0.277 e. The van der Waals surface area contributed by atoms with Crippen molar-refractivity contribution in [1.82, 2.24) is 14.8 Å². The predicted octanol–water partition coefficient (Wildman–Crippen LogP) is -0.801. The van der Waals surface area contributed by atoms with Crippen LogP contribution < -0.4 is 14.8 Å². The number of hydrogen-bond donors (Lipinski definition) is 3. The van der Waals surface area contributed by atoms with Crippen LogP contribution in [0.3, 0.4) is 0 Å². The van der Waals surface area contributed by atoms with E-state index in [2.05, 4.69) is 14.8 Å². The van der Waals surface area contributed by atoms with Crippen molar-refractivity contribution in [2.24, 2.45) is 0 Å². The van der Waals surface area contributed by atoms with E-state index in [0.29, 0.717) is 19.7 Å². The molecule has 1 aliphatic rings. The summed E-state index contributed by atoms with van der Waals surface area (Å²) in [6, 6.07) is 0.257. The lowest BCUT2D eigenvalue weighted by atomic mass is 10.1. The third-order valence-electron chi connectivity index (χ3n) is 2.53. The summed E-state index contributed by atoms with van der Waals surface area (Å²) < 4.78 is 32.6. The van der Waals surface area contributed by atoms with Gasteiger partial charge in [0.15, 0.2) is 0 Å². The fraction of sp³-hybridized carbons (Fsp3) is 1.00. The maximum absolute atomic E-state index is 11.4. The molecule has 1 unspecified atom stereocenters. The molecule has 0 radical (unpaired) electrons. The van der Waals surface area contributed by atoms with Gasteiger partial charge in [-0.2, -0.15) is 13.1 Å². The standard InChI is InChI=1S/C9H21N3O3S/c1-15-7-6-11-16(13,14)12-8-9-4-2-3-5-10-9/h9-12H,2-8H2,1H3. The average Bonchev–Trinajstić information content (AvgIpc) is 2.28. The van der Waals surface area contributed by atoms with Gasteiger partial charge in [-0.1, -0.05) is 6.42 Å². The van der Waals surface area contributed by atoms with Crippen molar-refractivity contribution in [3.63, 3.8) is 0 Å². The van der Waals surface area contributed by atoms with Crippen molar-refractivity contribution >= 4 is 10.2 Å². The van der Waals surface area contributed by atoms with Crippen LogP contribution in [0.4, 0.5) is 0 Å². The van der Waals surface area contributed by atoms with Crippen molar-refractivity contribution < 1.29 is 13.2 Å². The molecule has 0 aromatic heterocycles. The normalized spacial score (nSPS) is 22.2. The van der Waals surface area contributed by atoms with Crippen LogP contribution in [0.5, 0.6) is 0 Å². The summed E-state index contributed by atoms with van der Waals surface area (Å²) in [5.41, 5.74) is 0. The van der Waals surface area contributed by atoms with Gasteiger partial charge in [0.1, 0.15) is 0 Å². The molecule has 16 heavy (non-hydrogen) atoms. The van der Waals surface area contributed by atoms with Gasteiger partial charge < -0.3 is 10.1 Å². The topological polar surface area (TPSA) is 79.5 Å². The van der Waals surface area contributed by atoms with E-state index in [1.54, 1.807) is 0 Å². The Hall–Kier alpha value is -0.210. The molecule has 7 heteroatoms. The first-order valence-electron chi connectivity index (χ1n) is 5.60. The van der Waals surface area contributed by atoms with Crippen molar-refractivity contribution in [3.05, 3.63) is 0 Å².